The van der Waals surface area contributed by atoms with E-state index in [2.05, 4.69) is 52.5 Å². The number of halogens is 2. The molecule has 0 fully saturated rings. The summed E-state index contributed by atoms with van der Waals surface area (Å²) in [6, 6.07) is 13.9. The predicted molar refractivity (Wildman–Crippen MR) is 94.2 cm³/mol. The van der Waals surface area contributed by atoms with E-state index >= 15 is 0 Å². The van der Waals surface area contributed by atoms with Crippen LogP contribution in [-0.2, 0) is 0 Å². The molecule has 6 heteroatoms. The third kappa shape index (κ3) is 3.01. The Kier molecular flexibility index (Phi) is 4.07. The molecule has 0 aliphatic heterocycles. The van der Waals surface area contributed by atoms with E-state index in [1.807, 2.05) is 49.5 Å². The van der Waals surface area contributed by atoms with Gasteiger partial charge in [-0.3, -0.25) is 0 Å². The molecule has 0 spiro atoms. The van der Waals surface area contributed by atoms with Gasteiger partial charge in [0.15, 0.2) is 0 Å². The average Bonchev–Trinajstić information content (AvgIpc) is 2.50. The average molecular weight is 408 g/mol. The van der Waals surface area contributed by atoms with E-state index in [1.54, 1.807) is 0 Å². The number of nitrogens with zero attached hydrogens (tertiary/aromatic N) is 2. The Balaban J connectivity index is 2.13. The Morgan fingerprint density at radius 2 is 1.81 bits per heavy atom. The van der Waals surface area contributed by atoms with E-state index in [1.165, 1.54) is 0 Å². The summed E-state index contributed by atoms with van der Waals surface area (Å²) in [7, 11) is 1.81. The lowest BCUT2D eigenvalue weighted by molar-refractivity contribution is 1.19. The predicted octanol–water partition coefficient (Wildman–Crippen LogP) is 4.94. The lowest BCUT2D eigenvalue weighted by Gasteiger charge is -2.12. The van der Waals surface area contributed by atoms with Crippen molar-refractivity contribution in [1.82, 2.24) is 9.97 Å². The summed E-state index contributed by atoms with van der Waals surface area (Å²) in [5, 5.41) is 7.33. The Morgan fingerprint density at radius 3 is 2.62 bits per heavy atom. The first-order valence-corrected chi connectivity index (χ1v) is 7.92. The lowest BCUT2D eigenvalue weighted by atomic mass is 10.2. The topological polar surface area (TPSA) is 49.8 Å². The summed E-state index contributed by atoms with van der Waals surface area (Å²) in [4.78, 5) is 8.97. The van der Waals surface area contributed by atoms with Crippen LogP contribution in [0.25, 0.3) is 10.9 Å². The molecule has 0 bridgehead atoms. The molecule has 0 unspecified atom stereocenters. The number of hydrogen-bond acceptors (Lipinski definition) is 4. The molecule has 2 N–H and O–H groups in total. The number of benzene rings is 2. The minimum absolute atomic E-state index is 0.585. The molecule has 0 atom stereocenters. The van der Waals surface area contributed by atoms with Crippen LogP contribution in [0.5, 0.6) is 0 Å². The van der Waals surface area contributed by atoms with Crippen molar-refractivity contribution in [2.45, 2.75) is 0 Å². The zero-order valence-corrected chi connectivity index (χ0v) is 14.4. The second-order valence-corrected chi connectivity index (χ2v) is 6.18. The minimum atomic E-state index is 0.585. The van der Waals surface area contributed by atoms with Crippen LogP contribution < -0.4 is 10.6 Å². The van der Waals surface area contributed by atoms with Crippen molar-refractivity contribution >= 4 is 60.2 Å². The zero-order valence-electron chi connectivity index (χ0n) is 11.2. The van der Waals surface area contributed by atoms with Gasteiger partial charge in [0.1, 0.15) is 5.82 Å². The molecule has 0 amide bonds. The smallest absolute Gasteiger partial charge is 0.224 e. The Labute approximate surface area is 139 Å². The molecule has 0 aliphatic carbocycles. The molecule has 3 rings (SSSR count). The summed E-state index contributed by atoms with van der Waals surface area (Å²) < 4.78 is 1.97. The fraction of sp³-hybridized carbons (Fsp3) is 0.0667. The number of aromatic nitrogens is 2. The lowest BCUT2D eigenvalue weighted by Crippen LogP contribution is -2.02. The van der Waals surface area contributed by atoms with Gasteiger partial charge in [-0.25, -0.2) is 4.98 Å². The highest BCUT2D eigenvalue weighted by atomic mass is 79.9. The number of hydrogen-bond donors (Lipinski definition) is 2. The van der Waals surface area contributed by atoms with Gasteiger partial charge < -0.3 is 10.6 Å². The molecule has 21 heavy (non-hydrogen) atoms. The molecule has 0 radical (unpaired) electrons. The molecular weight excluding hydrogens is 396 g/mol. The molecule has 2 aromatic carbocycles. The van der Waals surface area contributed by atoms with Crippen LogP contribution >= 0.6 is 31.9 Å². The molecule has 1 heterocycles. The van der Waals surface area contributed by atoms with Crippen molar-refractivity contribution in [2.75, 3.05) is 17.7 Å². The molecule has 0 saturated heterocycles. The number of anilines is 3. The highest BCUT2D eigenvalue weighted by Gasteiger charge is 2.09. The van der Waals surface area contributed by atoms with E-state index in [0.29, 0.717) is 5.95 Å². The quantitative estimate of drug-likeness (QED) is 0.645. The van der Waals surface area contributed by atoms with Crippen molar-refractivity contribution in [3.63, 3.8) is 0 Å². The van der Waals surface area contributed by atoms with Gasteiger partial charge in [0, 0.05) is 21.4 Å². The Bertz CT molecular complexity index is 805. The molecule has 3 aromatic rings. The standard InChI is InChI=1S/C15H12Br2N4/c1-18-15-20-12-5-3-2-4-10(12)14(21-15)19-13-8-9(16)6-7-11(13)17/h2-8H,1H3,(H2,18,19,20,21). The third-order valence-corrected chi connectivity index (χ3v) is 4.19. The van der Waals surface area contributed by atoms with E-state index in [9.17, 15) is 0 Å². The van der Waals surface area contributed by atoms with Crippen LogP contribution in [0.15, 0.2) is 51.4 Å². The van der Waals surface area contributed by atoms with Crippen LogP contribution in [0, 0.1) is 0 Å². The van der Waals surface area contributed by atoms with E-state index in [0.717, 1.165) is 31.4 Å². The normalized spacial score (nSPS) is 10.6. The van der Waals surface area contributed by atoms with E-state index in [-0.39, 0.29) is 0 Å². The number of rotatable bonds is 3. The number of fused-ring (bicyclic) bond motifs is 1. The van der Waals surface area contributed by atoms with Crippen LogP contribution in [0.2, 0.25) is 0 Å². The van der Waals surface area contributed by atoms with E-state index in [4.69, 9.17) is 0 Å². The number of para-hydroxylation sites is 1. The fourth-order valence-electron chi connectivity index (χ4n) is 2.00. The van der Waals surface area contributed by atoms with Gasteiger partial charge in [-0.1, -0.05) is 28.1 Å². The van der Waals surface area contributed by atoms with Crippen LogP contribution in [0.3, 0.4) is 0 Å². The van der Waals surface area contributed by atoms with Crippen molar-refractivity contribution in [1.29, 1.82) is 0 Å². The summed E-state index contributed by atoms with van der Waals surface area (Å²) in [6.45, 7) is 0. The second kappa shape index (κ2) is 5.99. The molecule has 0 saturated carbocycles. The van der Waals surface area contributed by atoms with Gasteiger partial charge in [-0.05, 0) is 46.3 Å². The monoisotopic (exact) mass is 406 g/mol. The first kappa shape index (κ1) is 14.3. The zero-order chi connectivity index (χ0) is 14.8. The summed E-state index contributed by atoms with van der Waals surface area (Å²) >= 11 is 7.03. The maximum atomic E-state index is 4.52. The van der Waals surface area contributed by atoms with Crippen LogP contribution in [0.1, 0.15) is 0 Å². The highest BCUT2D eigenvalue weighted by Crippen LogP contribution is 2.31. The van der Waals surface area contributed by atoms with Crippen molar-refractivity contribution < 1.29 is 0 Å². The van der Waals surface area contributed by atoms with Crippen LogP contribution in [-0.4, -0.2) is 17.0 Å². The van der Waals surface area contributed by atoms with Crippen LogP contribution in [0.4, 0.5) is 17.5 Å². The van der Waals surface area contributed by atoms with Crippen molar-refractivity contribution in [3.8, 4) is 0 Å². The molecular formula is C15H12Br2N4. The molecule has 106 valence electrons. The highest BCUT2D eigenvalue weighted by molar-refractivity contribution is 9.11. The third-order valence-electron chi connectivity index (χ3n) is 3.01. The molecule has 1 aromatic heterocycles. The van der Waals surface area contributed by atoms with Crippen molar-refractivity contribution in [3.05, 3.63) is 51.4 Å². The van der Waals surface area contributed by atoms with Gasteiger partial charge in [0.05, 0.1) is 11.2 Å². The molecule has 0 aliphatic rings. The summed E-state index contributed by atoms with van der Waals surface area (Å²) in [5.74, 6) is 1.35. The van der Waals surface area contributed by atoms with Gasteiger partial charge >= 0.3 is 0 Å². The maximum Gasteiger partial charge on any atom is 0.224 e. The number of nitrogens with one attached hydrogen (secondary N) is 2. The summed E-state index contributed by atoms with van der Waals surface area (Å²) in [5.41, 5.74) is 1.83. The fourth-order valence-corrected chi connectivity index (χ4v) is 2.71. The SMILES string of the molecule is CNc1nc(Nc2cc(Br)ccc2Br)c2ccccc2n1. The van der Waals surface area contributed by atoms with Gasteiger partial charge in [-0.2, -0.15) is 4.98 Å². The van der Waals surface area contributed by atoms with Gasteiger partial charge in [0.2, 0.25) is 5.95 Å². The maximum absolute atomic E-state index is 4.52. The largest absolute Gasteiger partial charge is 0.357 e. The summed E-state index contributed by atoms with van der Waals surface area (Å²) in [6.07, 6.45) is 0. The Hall–Kier alpha value is -1.66. The van der Waals surface area contributed by atoms with Gasteiger partial charge in [-0.15, -0.1) is 0 Å². The van der Waals surface area contributed by atoms with E-state index < -0.39 is 0 Å². The first-order valence-electron chi connectivity index (χ1n) is 6.34. The van der Waals surface area contributed by atoms with Gasteiger partial charge in [0.25, 0.3) is 0 Å². The first-order chi connectivity index (χ1) is 10.2. The molecule has 4 nitrogen and oxygen atoms in total. The van der Waals surface area contributed by atoms with Crippen molar-refractivity contribution in [2.24, 2.45) is 0 Å². The Morgan fingerprint density at radius 1 is 1.00 bits per heavy atom. The second-order valence-electron chi connectivity index (χ2n) is 4.41. The minimum Gasteiger partial charge on any atom is -0.357 e.